The van der Waals surface area contributed by atoms with Crippen molar-refractivity contribution in [3.63, 3.8) is 0 Å². The van der Waals surface area contributed by atoms with Crippen molar-refractivity contribution in [2.24, 2.45) is 0 Å². The molecular formula is C38H32F6N2O4. The zero-order valence-electron chi connectivity index (χ0n) is 26.6. The van der Waals surface area contributed by atoms with E-state index < -0.39 is 47.5 Å². The maximum Gasteiger partial charge on any atom is 0.416 e. The summed E-state index contributed by atoms with van der Waals surface area (Å²) in [6.45, 7) is 1.44. The molecule has 4 aromatic rings. The van der Waals surface area contributed by atoms with Crippen molar-refractivity contribution < 1.29 is 45.4 Å². The van der Waals surface area contributed by atoms with Gasteiger partial charge in [0.2, 0.25) is 11.8 Å². The molecule has 6 nitrogen and oxygen atoms in total. The molecule has 0 N–H and O–H groups in total. The molecule has 0 saturated carbocycles. The van der Waals surface area contributed by atoms with E-state index in [1.165, 1.54) is 12.1 Å². The van der Waals surface area contributed by atoms with Crippen molar-refractivity contribution >= 4 is 11.8 Å². The second kappa shape index (κ2) is 13.2. The van der Waals surface area contributed by atoms with E-state index in [1.807, 2.05) is 60.7 Å². The fourth-order valence-electron chi connectivity index (χ4n) is 7.42. The number of ether oxygens (including phenoxy) is 2. The van der Waals surface area contributed by atoms with E-state index in [4.69, 9.17) is 9.47 Å². The number of hydrogen-bond acceptors (Lipinski definition) is 4. The lowest BCUT2D eigenvalue weighted by atomic mass is 9.86. The number of carbonyl (C=O) groups is 2. The zero-order valence-corrected chi connectivity index (χ0v) is 26.6. The van der Waals surface area contributed by atoms with Gasteiger partial charge in [0.15, 0.2) is 0 Å². The summed E-state index contributed by atoms with van der Waals surface area (Å²) in [5.41, 5.74) is 1.63. The van der Waals surface area contributed by atoms with Crippen LogP contribution in [-0.4, -0.2) is 46.9 Å². The predicted octanol–water partition coefficient (Wildman–Crippen LogP) is 7.46. The van der Waals surface area contributed by atoms with Crippen LogP contribution < -0.4 is 0 Å². The summed E-state index contributed by atoms with van der Waals surface area (Å²) in [6.07, 6.45) is -9.70. The molecule has 0 bridgehead atoms. The first-order valence-electron chi connectivity index (χ1n) is 16.2. The van der Waals surface area contributed by atoms with Gasteiger partial charge in [-0.3, -0.25) is 9.59 Å². The van der Waals surface area contributed by atoms with Gasteiger partial charge in [-0.1, -0.05) is 84.9 Å². The Morgan fingerprint density at radius 1 is 0.540 bits per heavy atom. The fraction of sp³-hybridized carbons (Fsp3) is 0.316. The van der Waals surface area contributed by atoms with Gasteiger partial charge in [-0.2, -0.15) is 26.3 Å². The standard InChI is InChI=1S/2C19H16F3NO2/c2*20-19(21,22)15-8-4-7-13-14(15)11-25-16-10-23(18(24)17(13)16)9-12-5-2-1-3-6-12/h2*1-8,16-17H,9-11H2/t16-,17+;16-,17-/m00/s1. The van der Waals surface area contributed by atoms with Gasteiger partial charge in [0.25, 0.3) is 0 Å². The van der Waals surface area contributed by atoms with Crippen LogP contribution in [0.2, 0.25) is 0 Å². The lowest BCUT2D eigenvalue weighted by molar-refractivity contribution is -0.140. The highest BCUT2D eigenvalue weighted by molar-refractivity contribution is 5.88. The summed E-state index contributed by atoms with van der Waals surface area (Å²) < 4.78 is 90.7. The lowest BCUT2D eigenvalue weighted by Gasteiger charge is -2.28. The van der Waals surface area contributed by atoms with E-state index in [-0.39, 0.29) is 36.2 Å². The van der Waals surface area contributed by atoms with Gasteiger partial charge in [-0.15, -0.1) is 0 Å². The molecule has 0 spiro atoms. The highest BCUT2D eigenvalue weighted by atomic mass is 19.4. The summed E-state index contributed by atoms with van der Waals surface area (Å²) in [5.74, 6) is -1.66. The number of alkyl halides is 6. The van der Waals surface area contributed by atoms with Crippen molar-refractivity contribution in [1.82, 2.24) is 9.80 Å². The quantitative estimate of drug-likeness (QED) is 0.208. The number of benzene rings is 4. The molecule has 0 aromatic heterocycles. The van der Waals surface area contributed by atoms with Gasteiger partial charge in [-0.25, -0.2) is 0 Å². The Hall–Kier alpha value is -4.68. The number of amides is 2. The first-order chi connectivity index (χ1) is 23.9. The molecule has 2 amide bonds. The molecule has 260 valence electrons. The van der Waals surface area contributed by atoms with Crippen molar-refractivity contribution in [1.29, 1.82) is 0 Å². The van der Waals surface area contributed by atoms with Crippen LogP contribution in [0, 0.1) is 0 Å². The van der Waals surface area contributed by atoms with Crippen LogP contribution >= 0.6 is 0 Å². The minimum Gasteiger partial charge on any atom is -0.370 e. The Balaban J connectivity index is 0.000000157. The Labute approximate surface area is 284 Å². The lowest BCUT2D eigenvalue weighted by Crippen LogP contribution is -2.30. The van der Waals surface area contributed by atoms with Gasteiger partial charge >= 0.3 is 12.4 Å². The number of hydrogen-bond donors (Lipinski definition) is 0. The number of nitrogens with zero attached hydrogens (tertiary/aromatic N) is 2. The third kappa shape index (κ3) is 6.49. The Morgan fingerprint density at radius 2 is 0.920 bits per heavy atom. The Kier molecular flexibility index (Phi) is 8.94. The first kappa shape index (κ1) is 33.8. The Morgan fingerprint density at radius 3 is 1.28 bits per heavy atom. The molecule has 0 unspecified atom stereocenters. The van der Waals surface area contributed by atoms with Gasteiger partial charge in [0, 0.05) is 26.2 Å². The summed E-state index contributed by atoms with van der Waals surface area (Å²) in [4.78, 5) is 29.0. The van der Waals surface area contributed by atoms with Crippen LogP contribution in [0.1, 0.15) is 56.3 Å². The fourth-order valence-corrected chi connectivity index (χ4v) is 7.42. The highest BCUT2D eigenvalue weighted by Crippen LogP contribution is 2.44. The van der Waals surface area contributed by atoms with E-state index in [9.17, 15) is 35.9 Å². The average Bonchev–Trinajstić information content (AvgIpc) is 3.59. The van der Waals surface area contributed by atoms with Crippen LogP contribution in [-0.2, 0) is 57.7 Å². The van der Waals surface area contributed by atoms with Crippen molar-refractivity contribution in [2.75, 3.05) is 13.1 Å². The SMILES string of the molecule is O=C1[C@@H]2c3cccc(C(F)(F)F)c3CO[C@H]2CN1Cc1ccccc1.O=C1[C@H]2c3cccc(C(F)(F)F)c3CO[C@H]2CN1Cc1ccccc1. The van der Waals surface area contributed by atoms with Crippen molar-refractivity contribution in [3.05, 3.63) is 142 Å². The number of fused-ring (bicyclic) bond motifs is 6. The largest absolute Gasteiger partial charge is 0.416 e. The second-order valence-electron chi connectivity index (χ2n) is 12.8. The van der Waals surface area contributed by atoms with Crippen molar-refractivity contribution in [2.45, 2.75) is 62.7 Å². The minimum absolute atomic E-state index is 0.0890. The number of carbonyl (C=O) groups excluding carboxylic acids is 2. The monoisotopic (exact) mass is 694 g/mol. The average molecular weight is 695 g/mol. The normalized spacial score (nSPS) is 22.7. The minimum atomic E-state index is -4.45. The molecule has 4 aromatic carbocycles. The maximum atomic E-state index is 13.2. The molecule has 0 radical (unpaired) electrons. The predicted molar refractivity (Wildman–Crippen MR) is 169 cm³/mol. The molecule has 4 atom stereocenters. The topological polar surface area (TPSA) is 59.1 Å². The molecule has 2 fully saturated rings. The summed E-state index contributed by atoms with van der Waals surface area (Å²) in [5, 5.41) is 0. The molecule has 4 heterocycles. The molecule has 8 rings (SSSR count). The smallest absolute Gasteiger partial charge is 0.370 e. The molecule has 0 aliphatic carbocycles. The van der Waals surface area contributed by atoms with Crippen LogP contribution in [0.5, 0.6) is 0 Å². The highest BCUT2D eigenvalue weighted by Gasteiger charge is 2.49. The summed E-state index contributed by atoms with van der Waals surface area (Å²) >= 11 is 0. The van der Waals surface area contributed by atoms with Crippen LogP contribution in [0.25, 0.3) is 0 Å². The molecule has 4 aliphatic rings. The van der Waals surface area contributed by atoms with Crippen molar-refractivity contribution in [3.8, 4) is 0 Å². The first-order valence-corrected chi connectivity index (χ1v) is 16.2. The van der Waals surface area contributed by atoms with E-state index in [0.29, 0.717) is 37.3 Å². The molecule has 12 heteroatoms. The van der Waals surface area contributed by atoms with Gasteiger partial charge in [0.1, 0.15) is 0 Å². The maximum absolute atomic E-state index is 13.2. The van der Waals surface area contributed by atoms with Gasteiger partial charge in [0.05, 0.1) is 48.4 Å². The van der Waals surface area contributed by atoms with E-state index >= 15 is 0 Å². The van der Waals surface area contributed by atoms with E-state index in [2.05, 4.69) is 0 Å². The zero-order chi connectivity index (χ0) is 35.2. The van der Waals surface area contributed by atoms with Gasteiger partial charge < -0.3 is 19.3 Å². The van der Waals surface area contributed by atoms with Gasteiger partial charge in [-0.05, 0) is 45.5 Å². The van der Waals surface area contributed by atoms with Crippen LogP contribution in [0.15, 0.2) is 97.1 Å². The summed E-state index contributed by atoms with van der Waals surface area (Å²) in [7, 11) is 0. The second-order valence-corrected chi connectivity index (χ2v) is 12.8. The molecule has 2 saturated heterocycles. The summed E-state index contributed by atoms with van der Waals surface area (Å²) in [6, 6.07) is 27.1. The molecule has 4 aliphatic heterocycles. The van der Waals surface area contributed by atoms with E-state index in [1.54, 1.807) is 21.9 Å². The van der Waals surface area contributed by atoms with Crippen LogP contribution in [0.3, 0.4) is 0 Å². The third-order valence-corrected chi connectivity index (χ3v) is 9.72. The van der Waals surface area contributed by atoms with E-state index in [0.717, 1.165) is 23.3 Å². The Bertz CT molecular complexity index is 1750. The number of likely N-dealkylation sites (tertiary alicyclic amines) is 2. The number of halogens is 6. The van der Waals surface area contributed by atoms with Crippen LogP contribution in [0.4, 0.5) is 26.3 Å². The third-order valence-electron chi connectivity index (χ3n) is 9.72. The molecular weight excluding hydrogens is 662 g/mol. The molecule has 50 heavy (non-hydrogen) atoms. The number of rotatable bonds is 4.